The molecule has 4 heteroatoms. The Morgan fingerprint density at radius 1 is 1.50 bits per heavy atom. The maximum Gasteiger partial charge on any atom is 0.216 e. The molecule has 0 unspecified atom stereocenters. The lowest BCUT2D eigenvalue weighted by Crippen LogP contribution is -2.22. The topological polar surface area (TPSA) is 55.1 Å². The highest BCUT2D eigenvalue weighted by Gasteiger charge is 2.03. The van der Waals surface area contributed by atoms with Crippen LogP contribution in [0.4, 0.5) is 0 Å². The van der Waals surface area contributed by atoms with Gasteiger partial charge in [0.1, 0.15) is 5.52 Å². The van der Waals surface area contributed by atoms with Crippen LogP contribution >= 0.6 is 0 Å². The Labute approximate surface area is 93.7 Å². The van der Waals surface area contributed by atoms with Crippen molar-refractivity contribution in [1.29, 1.82) is 0 Å². The predicted octanol–water partition coefficient (Wildman–Crippen LogP) is 1.81. The van der Waals surface area contributed by atoms with Gasteiger partial charge in [0, 0.05) is 20.4 Å². The summed E-state index contributed by atoms with van der Waals surface area (Å²) >= 11 is 0. The third-order valence-electron chi connectivity index (χ3n) is 2.35. The lowest BCUT2D eigenvalue weighted by atomic mass is 10.1. The lowest BCUT2D eigenvalue weighted by Gasteiger charge is -2.01. The maximum absolute atomic E-state index is 10.7. The molecule has 1 aromatic carbocycles. The molecule has 0 saturated carbocycles. The first-order valence-corrected chi connectivity index (χ1v) is 5.25. The Morgan fingerprint density at radius 3 is 3.06 bits per heavy atom. The SMILES string of the molecule is CC(=O)NCCc1ccc2nc(C)oc2c1. The summed E-state index contributed by atoms with van der Waals surface area (Å²) in [6, 6.07) is 5.91. The number of hydrogen-bond donors (Lipinski definition) is 1. The molecule has 4 nitrogen and oxygen atoms in total. The van der Waals surface area contributed by atoms with E-state index in [4.69, 9.17) is 4.42 Å². The highest BCUT2D eigenvalue weighted by Crippen LogP contribution is 2.16. The number of aryl methyl sites for hydroxylation is 1. The van der Waals surface area contributed by atoms with Crippen LogP contribution in [0.2, 0.25) is 0 Å². The fraction of sp³-hybridized carbons (Fsp3) is 0.333. The molecule has 0 fully saturated rings. The second-order valence-corrected chi connectivity index (χ2v) is 3.77. The third kappa shape index (κ3) is 2.39. The van der Waals surface area contributed by atoms with Crippen LogP contribution in [0.1, 0.15) is 18.4 Å². The van der Waals surface area contributed by atoms with Crippen molar-refractivity contribution in [1.82, 2.24) is 10.3 Å². The largest absolute Gasteiger partial charge is 0.441 e. The molecule has 0 spiro atoms. The molecule has 0 aliphatic carbocycles. The van der Waals surface area contributed by atoms with E-state index >= 15 is 0 Å². The number of nitrogens with zero attached hydrogens (tertiary/aromatic N) is 1. The van der Waals surface area contributed by atoms with Gasteiger partial charge in [-0.25, -0.2) is 4.98 Å². The van der Waals surface area contributed by atoms with Crippen LogP contribution in [-0.4, -0.2) is 17.4 Å². The summed E-state index contributed by atoms with van der Waals surface area (Å²) in [4.78, 5) is 14.9. The summed E-state index contributed by atoms with van der Waals surface area (Å²) in [6.07, 6.45) is 0.801. The molecule has 1 amide bonds. The van der Waals surface area contributed by atoms with E-state index in [1.807, 2.05) is 25.1 Å². The molecule has 84 valence electrons. The molecule has 0 aliphatic rings. The summed E-state index contributed by atoms with van der Waals surface area (Å²) in [5.41, 5.74) is 2.82. The number of nitrogens with one attached hydrogen (secondary N) is 1. The molecular weight excluding hydrogens is 204 g/mol. The number of oxazole rings is 1. The van der Waals surface area contributed by atoms with Crippen molar-refractivity contribution in [2.75, 3.05) is 6.54 Å². The molecule has 0 saturated heterocycles. The summed E-state index contributed by atoms with van der Waals surface area (Å²) in [6.45, 7) is 3.99. The van der Waals surface area contributed by atoms with Crippen molar-refractivity contribution < 1.29 is 9.21 Å². The van der Waals surface area contributed by atoms with Crippen molar-refractivity contribution in [3.8, 4) is 0 Å². The van der Waals surface area contributed by atoms with Gasteiger partial charge in [-0.1, -0.05) is 6.07 Å². The van der Waals surface area contributed by atoms with Crippen molar-refractivity contribution >= 4 is 17.0 Å². The van der Waals surface area contributed by atoms with Crippen molar-refractivity contribution in [2.45, 2.75) is 20.3 Å². The van der Waals surface area contributed by atoms with Gasteiger partial charge in [0.05, 0.1) is 0 Å². The van der Waals surface area contributed by atoms with Gasteiger partial charge in [-0.05, 0) is 24.1 Å². The van der Waals surface area contributed by atoms with Crippen LogP contribution in [0.3, 0.4) is 0 Å². The second-order valence-electron chi connectivity index (χ2n) is 3.77. The normalized spacial score (nSPS) is 10.6. The summed E-state index contributed by atoms with van der Waals surface area (Å²) < 4.78 is 5.44. The van der Waals surface area contributed by atoms with E-state index in [-0.39, 0.29) is 5.91 Å². The Bertz CT molecular complexity index is 517. The quantitative estimate of drug-likeness (QED) is 0.854. The van der Waals surface area contributed by atoms with Crippen molar-refractivity contribution in [3.63, 3.8) is 0 Å². The van der Waals surface area contributed by atoms with Crippen molar-refractivity contribution in [2.24, 2.45) is 0 Å². The average molecular weight is 218 g/mol. The number of rotatable bonds is 3. The molecule has 2 rings (SSSR count). The average Bonchev–Trinajstić information content (AvgIpc) is 2.56. The molecule has 0 aliphatic heterocycles. The standard InChI is InChI=1S/C12H14N2O2/c1-8(15)13-6-5-10-3-4-11-12(7-10)16-9(2)14-11/h3-4,7H,5-6H2,1-2H3,(H,13,15). The molecule has 1 aromatic heterocycles. The number of amides is 1. The van der Waals surface area contributed by atoms with Gasteiger partial charge >= 0.3 is 0 Å². The minimum Gasteiger partial charge on any atom is -0.441 e. The summed E-state index contributed by atoms with van der Waals surface area (Å²) in [5, 5.41) is 2.76. The second kappa shape index (κ2) is 4.35. The van der Waals surface area contributed by atoms with E-state index in [2.05, 4.69) is 10.3 Å². The molecule has 0 atom stereocenters. The van der Waals surface area contributed by atoms with Crippen LogP contribution in [0, 0.1) is 6.92 Å². The van der Waals surface area contributed by atoms with Gasteiger partial charge < -0.3 is 9.73 Å². The number of benzene rings is 1. The summed E-state index contributed by atoms with van der Waals surface area (Å²) in [5.74, 6) is 0.672. The molecule has 0 radical (unpaired) electrons. The van der Waals surface area contributed by atoms with Gasteiger partial charge in [0.2, 0.25) is 5.91 Å². The molecular formula is C12H14N2O2. The van der Waals surface area contributed by atoms with E-state index in [0.29, 0.717) is 12.4 Å². The lowest BCUT2D eigenvalue weighted by molar-refractivity contribution is -0.118. The van der Waals surface area contributed by atoms with Gasteiger partial charge in [-0.15, -0.1) is 0 Å². The fourth-order valence-corrected chi connectivity index (χ4v) is 1.62. The van der Waals surface area contributed by atoms with Crippen LogP contribution in [0.5, 0.6) is 0 Å². The maximum atomic E-state index is 10.7. The predicted molar refractivity (Wildman–Crippen MR) is 61.1 cm³/mol. The number of carbonyl (C=O) groups is 1. The van der Waals surface area contributed by atoms with Crippen LogP contribution in [0.25, 0.3) is 11.1 Å². The van der Waals surface area contributed by atoms with E-state index < -0.39 is 0 Å². The van der Waals surface area contributed by atoms with Crippen LogP contribution in [-0.2, 0) is 11.2 Å². The van der Waals surface area contributed by atoms with E-state index in [1.54, 1.807) is 0 Å². The highest BCUT2D eigenvalue weighted by molar-refractivity contribution is 5.74. The zero-order valence-electron chi connectivity index (χ0n) is 9.41. The molecule has 1 heterocycles. The number of carbonyl (C=O) groups excluding carboxylic acids is 1. The Balaban J connectivity index is 2.10. The monoisotopic (exact) mass is 218 g/mol. The number of aromatic nitrogens is 1. The van der Waals surface area contributed by atoms with Gasteiger partial charge in [0.15, 0.2) is 11.5 Å². The number of fused-ring (bicyclic) bond motifs is 1. The molecule has 2 aromatic rings. The minimum atomic E-state index is -0.00316. The van der Waals surface area contributed by atoms with Crippen LogP contribution in [0.15, 0.2) is 22.6 Å². The molecule has 0 bridgehead atoms. The number of hydrogen-bond acceptors (Lipinski definition) is 3. The van der Waals surface area contributed by atoms with E-state index in [0.717, 1.165) is 23.1 Å². The minimum absolute atomic E-state index is 0.00316. The molecule has 1 N–H and O–H groups in total. The van der Waals surface area contributed by atoms with Gasteiger partial charge in [0.25, 0.3) is 0 Å². The highest BCUT2D eigenvalue weighted by atomic mass is 16.3. The van der Waals surface area contributed by atoms with Gasteiger partial charge in [-0.2, -0.15) is 0 Å². The molecule has 16 heavy (non-hydrogen) atoms. The first kappa shape index (κ1) is 10.7. The zero-order valence-corrected chi connectivity index (χ0v) is 9.41. The summed E-state index contributed by atoms with van der Waals surface area (Å²) in [7, 11) is 0. The Kier molecular flexibility index (Phi) is 2.90. The van der Waals surface area contributed by atoms with Gasteiger partial charge in [-0.3, -0.25) is 4.79 Å². The fourth-order valence-electron chi connectivity index (χ4n) is 1.62. The van der Waals surface area contributed by atoms with E-state index in [1.165, 1.54) is 6.92 Å². The van der Waals surface area contributed by atoms with Crippen LogP contribution < -0.4 is 5.32 Å². The smallest absolute Gasteiger partial charge is 0.216 e. The third-order valence-corrected chi connectivity index (χ3v) is 2.35. The first-order valence-electron chi connectivity index (χ1n) is 5.25. The van der Waals surface area contributed by atoms with Crippen molar-refractivity contribution in [3.05, 3.63) is 29.7 Å². The zero-order chi connectivity index (χ0) is 11.5. The van der Waals surface area contributed by atoms with E-state index in [9.17, 15) is 4.79 Å². The Hall–Kier alpha value is -1.84. The Morgan fingerprint density at radius 2 is 2.31 bits per heavy atom. The first-order chi connectivity index (χ1) is 7.65.